The largest absolute Gasteiger partial charge is 0.496 e. The van der Waals surface area contributed by atoms with Crippen LogP contribution in [0, 0.1) is 5.82 Å². The minimum atomic E-state index is -0.698. The lowest BCUT2D eigenvalue weighted by atomic mass is 9.88. The maximum absolute atomic E-state index is 13.2. The first-order valence-electron chi connectivity index (χ1n) is 5.25. The van der Waals surface area contributed by atoms with Gasteiger partial charge in [0.25, 0.3) is 0 Å². The van der Waals surface area contributed by atoms with Crippen LogP contribution in [0.3, 0.4) is 0 Å². The molecule has 0 saturated heterocycles. The molecule has 0 aliphatic heterocycles. The zero-order valence-corrected chi connectivity index (χ0v) is 9.66. The van der Waals surface area contributed by atoms with E-state index in [2.05, 4.69) is 0 Å². The molecule has 1 rings (SSSR count). The van der Waals surface area contributed by atoms with Crippen LogP contribution in [0.25, 0.3) is 0 Å². The van der Waals surface area contributed by atoms with Crippen molar-refractivity contribution in [1.82, 2.24) is 0 Å². The van der Waals surface area contributed by atoms with Crippen molar-refractivity contribution < 1.29 is 14.2 Å². The Morgan fingerprint density at radius 1 is 1.50 bits per heavy atom. The fourth-order valence-corrected chi connectivity index (χ4v) is 1.71. The van der Waals surface area contributed by atoms with Crippen molar-refractivity contribution in [2.45, 2.75) is 25.3 Å². The second-order valence-corrected chi connectivity index (χ2v) is 4.09. The molecule has 1 unspecified atom stereocenters. The van der Waals surface area contributed by atoms with Gasteiger partial charge in [-0.05, 0) is 38.0 Å². The molecule has 0 aliphatic rings. The Bertz CT molecular complexity index is 353. The number of halogens is 1. The van der Waals surface area contributed by atoms with Crippen LogP contribution in [0.1, 0.15) is 25.3 Å². The van der Waals surface area contributed by atoms with Gasteiger partial charge < -0.3 is 15.6 Å². The van der Waals surface area contributed by atoms with E-state index in [1.54, 1.807) is 13.0 Å². The Hall–Kier alpha value is -1.13. The van der Waals surface area contributed by atoms with E-state index in [-0.39, 0.29) is 12.4 Å². The number of nitrogens with two attached hydrogens (primary N) is 1. The number of ether oxygens (including phenoxy) is 1. The van der Waals surface area contributed by atoms with Crippen molar-refractivity contribution in [3.8, 4) is 5.75 Å². The van der Waals surface area contributed by atoms with Gasteiger partial charge in [0.05, 0.1) is 7.11 Å². The topological polar surface area (TPSA) is 55.5 Å². The molecule has 0 radical (unpaired) electrons. The first-order valence-corrected chi connectivity index (χ1v) is 5.25. The summed E-state index contributed by atoms with van der Waals surface area (Å²) in [5.74, 6) is 0.237. The quantitative estimate of drug-likeness (QED) is 0.806. The molecule has 0 heterocycles. The molecule has 0 bridgehead atoms. The van der Waals surface area contributed by atoms with E-state index in [1.165, 1.54) is 19.2 Å². The molecule has 4 heteroatoms. The van der Waals surface area contributed by atoms with Gasteiger partial charge in [0.15, 0.2) is 0 Å². The molecule has 3 N–H and O–H groups in total. The predicted octanol–water partition coefficient (Wildman–Crippen LogP) is 1.78. The molecule has 3 nitrogen and oxygen atoms in total. The Morgan fingerprint density at radius 2 is 2.19 bits per heavy atom. The third-order valence-corrected chi connectivity index (χ3v) is 2.63. The van der Waals surface area contributed by atoms with Crippen molar-refractivity contribution in [2.75, 3.05) is 13.7 Å². The fraction of sp³-hybridized carbons (Fsp3) is 0.500. The molecule has 0 fully saturated rings. The highest BCUT2D eigenvalue weighted by Crippen LogP contribution is 2.31. The van der Waals surface area contributed by atoms with E-state index in [9.17, 15) is 4.39 Å². The second kappa shape index (κ2) is 5.27. The van der Waals surface area contributed by atoms with Crippen LogP contribution < -0.4 is 10.5 Å². The van der Waals surface area contributed by atoms with E-state index in [4.69, 9.17) is 15.6 Å². The molecule has 0 amide bonds. The second-order valence-electron chi connectivity index (χ2n) is 4.09. The normalized spacial score (nSPS) is 14.6. The smallest absolute Gasteiger partial charge is 0.124 e. The number of rotatable bonds is 5. The molecule has 0 spiro atoms. The van der Waals surface area contributed by atoms with Gasteiger partial charge in [0.1, 0.15) is 11.6 Å². The van der Waals surface area contributed by atoms with Crippen molar-refractivity contribution in [2.24, 2.45) is 5.73 Å². The average Bonchev–Trinajstić information content (AvgIpc) is 2.26. The number of benzene rings is 1. The van der Waals surface area contributed by atoms with Gasteiger partial charge in [-0.15, -0.1) is 0 Å². The molecule has 0 aliphatic carbocycles. The number of aliphatic hydroxyl groups is 1. The summed E-state index contributed by atoms with van der Waals surface area (Å²) < 4.78 is 18.3. The maximum atomic E-state index is 13.2. The third-order valence-electron chi connectivity index (χ3n) is 2.63. The van der Waals surface area contributed by atoms with E-state index in [0.717, 1.165) is 0 Å². The van der Waals surface area contributed by atoms with Gasteiger partial charge >= 0.3 is 0 Å². The van der Waals surface area contributed by atoms with Gasteiger partial charge in [-0.25, -0.2) is 4.39 Å². The summed E-state index contributed by atoms with van der Waals surface area (Å²) in [6, 6.07) is 4.29. The molecule has 16 heavy (non-hydrogen) atoms. The van der Waals surface area contributed by atoms with Crippen LogP contribution >= 0.6 is 0 Å². The lowest BCUT2D eigenvalue weighted by Crippen LogP contribution is -2.33. The monoisotopic (exact) mass is 227 g/mol. The van der Waals surface area contributed by atoms with Gasteiger partial charge in [-0.2, -0.15) is 0 Å². The third kappa shape index (κ3) is 2.93. The first-order chi connectivity index (χ1) is 7.51. The van der Waals surface area contributed by atoms with Gasteiger partial charge in [-0.1, -0.05) is 0 Å². The molecule has 1 atom stereocenters. The lowest BCUT2D eigenvalue weighted by molar-refractivity contribution is 0.263. The predicted molar refractivity (Wildman–Crippen MR) is 60.8 cm³/mol. The minimum Gasteiger partial charge on any atom is -0.496 e. The van der Waals surface area contributed by atoms with Crippen LogP contribution in [-0.4, -0.2) is 18.8 Å². The molecule has 1 aromatic carbocycles. The molecule has 0 aromatic heterocycles. The average molecular weight is 227 g/mol. The van der Waals surface area contributed by atoms with Gasteiger partial charge in [0, 0.05) is 17.7 Å². The van der Waals surface area contributed by atoms with E-state index < -0.39 is 5.54 Å². The summed E-state index contributed by atoms with van der Waals surface area (Å²) in [6.45, 7) is 1.88. The Morgan fingerprint density at radius 3 is 2.75 bits per heavy atom. The minimum absolute atomic E-state index is 0.0738. The van der Waals surface area contributed by atoms with E-state index in [0.29, 0.717) is 24.2 Å². The Labute approximate surface area is 95.0 Å². The summed E-state index contributed by atoms with van der Waals surface area (Å²) in [6.07, 6.45) is 1.15. The number of aliphatic hydroxyl groups excluding tert-OH is 1. The fourth-order valence-electron chi connectivity index (χ4n) is 1.71. The van der Waals surface area contributed by atoms with Crippen molar-refractivity contribution in [3.05, 3.63) is 29.6 Å². The maximum Gasteiger partial charge on any atom is 0.124 e. The number of hydrogen-bond donors (Lipinski definition) is 2. The Balaban J connectivity index is 3.04. The standard InChI is InChI=1S/C12H18FNO2/c1-12(14,6-3-7-15)10-8-9(13)4-5-11(10)16-2/h4-5,8,15H,3,6-7,14H2,1-2H3. The highest BCUT2D eigenvalue weighted by atomic mass is 19.1. The van der Waals surface area contributed by atoms with E-state index >= 15 is 0 Å². The summed E-state index contributed by atoms with van der Waals surface area (Å²) in [4.78, 5) is 0. The number of methoxy groups -OCH3 is 1. The van der Waals surface area contributed by atoms with Crippen LogP contribution in [0.15, 0.2) is 18.2 Å². The first kappa shape index (κ1) is 12.9. The highest BCUT2D eigenvalue weighted by molar-refractivity contribution is 5.39. The van der Waals surface area contributed by atoms with Crippen LogP contribution in [0.5, 0.6) is 5.75 Å². The van der Waals surface area contributed by atoms with Crippen molar-refractivity contribution in [3.63, 3.8) is 0 Å². The summed E-state index contributed by atoms with van der Waals surface area (Å²) >= 11 is 0. The zero-order chi connectivity index (χ0) is 12.2. The van der Waals surface area contributed by atoms with Gasteiger partial charge in [-0.3, -0.25) is 0 Å². The lowest BCUT2D eigenvalue weighted by Gasteiger charge is -2.26. The summed E-state index contributed by atoms with van der Waals surface area (Å²) in [5.41, 5.74) is 6.04. The van der Waals surface area contributed by atoms with Gasteiger partial charge in [0.2, 0.25) is 0 Å². The number of hydrogen-bond acceptors (Lipinski definition) is 3. The molecule has 0 saturated carbocycles. The van der Waals surface area contributed by atoms with Crippen molar-refractivity contribution in [1.29, 1.82) is 0 Å². The summed E-state index contributed by atoms with van der Waals surface area (Å²) in [5, 5.41) is 8.80. The Kier molecular flexibility index (Phi) is 4.26. The zero-order valence-electron chi connectivity index (χ0n) is 9.66. The summed E-state index contributed by atoms with van der Waals surface area (Å²) in [7, 11) is 1.53. The van der Waals surface area contributed by atoms with E-state index in [1.807, 2.05) is 0 Å². The molecule has 90 valence electrons. The molecule has 1 aromatic rings. The molecular weight excluding hydrogens is 209 g/mol. The SMILES string of the molecule is COc1ccc(F)cc1C(C)(N)CCCO. The highest BCUT2D eigenvalue weighted by Gasteiger charge is 2.25. The van der Waals surface area contributed by atoms with Crippen LogP contribution in [0.2, 0.25) is 0 Å². The molecular formula is C12H18FNO2. The van der Waals surface area contributed by atoms with Crippen LogP contribution in [-0.2, 0) is 5.54 Å². The van der Waals surface area contributed by atoms with Crippen LogP contribution in [0.4, 0.5) is 4.39 Å². The van der Waals surface area contributed by atoms with Crippen molar-refractivity contribution >= 4 is 0 Å².